The van der Waals surface area contributed by atoms with Crippen molar-refractivity contribution in [1.82, 2.24) is 0 Å². The number of aliphatic carboxylic acids is 1. The zero-order chi connectivity index (χ0) is 11.3. The van der Waals surface area contributed by atoms with E-state index in [2.05, 4.69) is 15.8 Å². The van der Waals surface area contributed by atoms with E-state index in [9.17, 15) is 4.79 Å². The van der Waals surface area contributed by atoms with Crippen LogP contribution in [-0.2, 0) is 11.2 Å². The first-order chi connectivity index (χ1) is 7.13. The van der Waals surface area contributed by atoms with Crippen molar-refractivity contribution in [2.24, 2.45) is 5.11 Å². The fraction of sp³-hybridized carbons (Fsp3) is 0.222. The Labute approximate surface area is 86.0 Å². The normalized spacial score (nSPS) is 11.5. The van der Waals surface area contributed by atoms with Crippen molar-refractivity contribution in [2.45, 2.75) is 12.5 Å². The van der Waals surface area contributed by atoms with Crippen LogP contribution in [0.2, 0.25) is 0 Å². The van der Waals surface area contributed by atoms with Gasteiger partial charge in [0, 0.05) is 17.0 Å². The lowest BCUT2D eigenvalue weighted by Gasteiger charge is -2.03. The minimum Gasteiger partial charge on any atom is -0.477 e. The molecular formula is C9H11N4O2+. The third-order valence-corrected chi connectivity index (χ3v) is 1.93. The van der Waals surface area contributed by atoms with Gasteiger partial charge in [-0.05, 0) is 11.1 Å². The number of benzene rings is 1. The topological polar surface area (TPSA) is 114 Å². The molecule has 0 bridgehead atoms. The van der Waals surface area contributed by atoms with Gasteiger partial charge in [-0.25, -0.2) is 4.79 Å². The van der Waals surface area contributed by atoms with Gasteiger partial charge in [0.05, 0.1) is 0 Å². The lowest BCUT2D eigenvalue weighted by Crippen LogP contribution is -2.65. The molecule has 0 heterocycles. The predicted octanol–water partition coefficient (Wildman–Crippen LogP) is 0.866. The molecule has 6 nitrogen and oxygen atoms in total. The largest absolute Gasteiger partial charge is 0.477 e. The van der Waals surface area contributed by atoms with Crippen molar-refractivity contribution in [1.29, 1.82) is 0 Å². The average Bonchev–Trinajstić information content (AvgIpc) is 2.21. The molecule has 0 aliphatic heterocycles. The lowest BCUT2D eigenvalue weighted by atomic mass is 10.1. The third-order valence-electron chi connectivity index (χ3n) is 1.93. The number of nitrogens with zero attached hydrogens (tertiary/aromatic N) is 3. The zero-order valence-corrected chi connectivity index (χ0v) is 8.00. The molecule has 1 atom stereocenters. The summed E-state index contributed by atoms with van der Waals surface area (Å²) in [5.41, 5.74) is 13.1. The minimum atomic E-state index is -0.922. The van der Waals surface area contributed by atoms with Crippen LogP contribution in [0.1, 0.15) is 5.56 Å². The standard InChI is InChI=1S/C9H10N4O2/c10-8(9(14)15)5-6-1-3-7(4-2-6)12-13-11/h1-4,8H,5,10H2,(H,14,15)/p+1. The van der Waals surface area contributed by atoms with Crippen LogP contribution < -0.4 is 5.73 Å². The molecule has 4 N–H and O–H groups in total. The summed E-state index contributed by atoms with van der Waals surface area (Å²) in [5.74, 6) is -0.922. The van der Waals surface area contributed by atoms with E-state index in [1.54, 1.807) is 24.3 Å². The van der Waals surface area contributed by atoms with Gasteiger partial charge in [0.15, 0.2) is 6.04 Å². The van der Waals surface area contributed by atoms with Gasteiger partial charge in [0.2, 0.25) is 0 Å². The molecule has 1 aromatic rings. The smallest absolute Gasteiger partial charge is 0.362 e. The number of carboxylic acid groups (broad SMARTS) is 1. The molecule has 1 aromatic carbocycles. The molecule has 0 aliphatic rings. The van der Waals surface area contributed by atoms with E-state index in [0.717, 1.165) is 5.56 Å². The first-order valence-electron chi connectivity index (χ1n) is 4.33. The van der Waals surface area contributed by atoms with Gasteiger partial charge >= 0.3 is 5.97 Å². The summed E-state index contributed by atoms with van der Waals surface area (Å²) in [6.45, 7) is 0. The Morgan fingerprint density at radius 2 is 2.13 bits per heavy atom. The van der Waals surface area contributed by atoms with Crippen molar-refractivity contribution in [3.63, 3.8) is 0 Å². The number of hydrogen-bond acceptors (Lipinski definition) is 2. The SMILES string of the molecule is [N-]=[N+]=Nc1ccc(CC([NH3+])C(=O)O)cc1. The fourth-order valence-electron chi connectivity index (χ4n) is 1.12. The molecule has 1 unspecified atom stereocenters. The molecule has 0 saturated carbocycles. The van der Waals surface area contributed by atoms with Crippen molar-refractivity contribution in [3.05, 3.63) is 40.3 Å². The number of carbonyl (C=O) groups is 1. The van der Waals surface area contributed by atoms with Crippen LogP contribution >= 0.6 is 0 Å². The molecule has 6 heteroatoms. The Balaban J connectivity index is 2.72. The summed E-state index contributed by atoms with van der Waals surface area (Å²) in [5, 5.41) is 12.1. The van der Waals surface area contributed by atoms with Crippen LogP contribution in [0.15, 0.2) is 29.4 Å². The molecule has 78 valence electrons. The van der Waals surface area contributed by atoms with Crippen molar-refractivity contribution in [2.75, 3.05) is 0 Å². The number of azide groups is 1. The first kappa shape index (κ1) is 11.0. The summed E-state index contributed by atoms with van der Waals surface area (Å²) >= 11 is 0. The Bertz CT molecular complexity index is 395. The van der Waals surface area contributed by atoms with Gasteiger partial charge in [-0.1, -0.05) is 29.4 Å². The highest BCUT2D eigenvalue weighted by molar-refractivity contribution is 5.71. The Morgan fingerprint density at radius 1 is 1.53 bits per heavy atom. The molecule has 0 saturated heterocycles. The van der Waals surface area contributed by atoms with E-state index in [4.69, 9.17) is 10.6 Å². The van der Waals surface area contributed by atoms with Gasteiger partial charge in [-0.15, -0.1) is 0 Å². The predicted molar refractivity (Wildman–Crippen MR) is 53.3 cm³/mol. The number of hydrogen-bond donors (Lipinski definition) is 2. The van der Waals surface area contributed by atoms with Crippen LogP contribution in [0.5, 0.6) is 0 Å². The summed E-state index contributed by atoms with van der Waals surface area (Å²) in [7, 11) is 0. The second-order valence-electron chi connectivity index (χ2n) is 3.10. The van der Waals surface area contributed by atoms with Gasteiger partial charge in [0.25, 0.3) is 0 Å². The molecular weight excluding hydrogens is 196 g/mol. The molecule has 0 aromatic heterocycles. The summed E-state index contributed by atoms with van der Waals surface area (Å²) < 4.78 is 0. The molecule has 0 radical (unpaired) electrons. The van der Waals surface area contributed by atoms with E-state index < -0.39 is 12.0 Å². The number of quaternary nitrogens is 1. The average molecular weight is 207 g/mol. The van der Waals surface area contributed by atoms with Crippen LogP contribution in [-0.4, -0.2) is 17.1 Å². The van der Waals surface area contributed by atoms with E-state index in [1.165, 1.54) is 0 Å². The van der Waals surface area contributed by atoms with E-state index in [-0.39, 0.29) is 0 Å². The number of rotatable bonds is 4. The maximum absolute atomic E-state index is 10.5. The zero-order valence-electron chi connectivity index (χ0n) is 8.00. The van der Waals surface area contributed by atoms with Crippen LogP contribution in [0.3, 0.4) is 0 Å². The van der Waals surface area contributed by atoms with Gasteiger partial charge < -0.3 is 10.8 Å². The Hall–Kier alpha value is -2.04. The molecule has 15 heavy (non-hydrogen) atoms. The quantitative estimate of drug-likeness (QED) is 0.433. The monoisotopic (exact) mass is 207 g/mol. The fourth-order valence-corrected chi connectivity index (χ4v) is 1.12. The molecule has 0 spiro atoms. The van der Waals surface area contributed by atoms with E-state index in [1.807, 2.05) is 0 Å². The second-order valence-corrected chi connectivity index (χ2v) is 3.10. The lowest BCUT2D eigenvalue weighted by molar-refractivity contribution is -0.407. The van der Waals surface area contributed by atoms with Crippen LogP contribution in [0.4, 0.5) is 5.69 Å². The van der Waals surface area contributed by atoms with Gasteiger partial charge in [-0.2, -0.15) is 0 Å². The number of carboxylic acids is 1. The van der Waals surface area contributed by atoms with E-state index in [0.29, 0.717) is 12.1 Å². The Kier molecular flexibility index (Phi) is 3.68. The van der Waals surface area contributed by atoms with Crippen molar-refractivity contribution >= 4 is 11.7 Å². The van der Waals surface area contributed by atoms with Gasteiger partial charge in [-0.3, -0.25) is 0 Å². The second kappa shape index (κ2) is 4.99. The Morgan fingerprint density at radius 3 is 2.60 bits per heavy atom. The van der Waals surface area contributed by atoms with E-state index >= 15 is 0 Å². The van der Waals surface area contributed by atoms with Crippen molar-refractivity contribution in [3.8, 4) is 0 Å². The third kappa shape index (κ3) is 3.30. The summed E-state index contributed by atoms with van der Waals surface area (Å²) in [6.07, 6.45) is 0.367. The maximum Gasteiger partial charge on any atom is 0.362 e. The highest BCUT2D eigenvalue weighted by Crippen LogP contribution is 2.13. The first-order valence-corrected chi connectivity index (χ1v) is 4.33. The minimum absolute atomic E-state index is 0.367. The highest BCUT2D eigenvalue weighted by atomic mass is 16.4. The molecule has 0 aliphatic carbocycles. The molecule has 1 rings (SSSR count). The highest BCUT2D eigenvalue weighted by Gasteiger charge is 2.15. The maximum atomic E-state index is 10.5. The van der Waals surface area contributed by atoms with Crippen LogP contribution in [0.25, 0.3) is 10.4 Å². The summed E-state index contributed by atoms with van der Waals surface area (Å²) in [6, 6.07) is 6.08. The van der Waals surface area contributed by atoms with Crippen molar-refractivity contribution < 1.29 is 15.6 Å². The molecule has 0 fully saturated rings. The van der Waals surface area contributed by atoms with Crippen LogP contribution in [0, 0.1) is 0 Å². The van der Waals surface area contributed by atoms with Gasteiger partial charge in [0.1, 0.15) is 0 Å². The summed E-state index contributed by atoms with van der Waals surface area (Å²) in [4.78, 5) is 13.2. The molecule has 0 amide bonds.